The summed E-state index contributed by atoms with van der Waals surface area (Å²) in [6.45, 7) is 2.49. The van der Waals surface area contributed by atoms with E-state index in [9.17, 15) is 12.8 Å². The minimum absolute atomic E-state index is 0.00433. The number of sulfonamides is 1. The summed E-state index contributed by atoms with van der Waals surface area (Å²) >= 11 is 5.79. The minimum atomic E-state index is -3.94. The van der Waals surface area contributed by atoms with Crippen molar-refractivity contribution in [3.63, 3.8) is 0 Å². The molecule has 1 aromatic carbocycles. The van der Waals surface area contributed by atoms with Gasteiger partial charge >= 0.3 is 0 Å². The molecule has 0 aliphatic rings. The van der Waals surface area contributed by atoms with E-state index in [2.05, 4.69) is 0 Å². The van der Waals surface area contributed by atoms with Crippen LogP contribution in [0.5, 0.6) is 0 Å². The fraction of sp³-hybridized carbons (Fsp3) is 0.500. The van der Waals surface area contributed by atoms with Gasteiger partial charge in [0.05, 0.1) is 5.02 Å². The largest absolute Gasteiger partial charge is 0.384 e. The van der Waals surface area contributed by atoms with Crippen molar-refractivity contribution in [3.05, 3.63) is 29.0 Å². The molecule has 7 heteroatoms. The van der Waals surface area contributed by atoms with Gasteiger partial charge in [0.1, 0.15) is 10.7 Å². The summed E-state index contributed by atoms with van der Waals surface area (Å²) < 4.78 is 44.3. The molecule has 0 bridgehead atoms. The molecule has 1 atom stereocenters. The van der Waals surface area contributed by atoms with Crippen LogP contribution in [0.1, 0.15) is 6.92 Å². The SMILES string of the molecule is COC[C@H](C)CN(C)S(=O)(=O)c1c(F)cccc1Cl. The number of methoxy groups -OCH3 is 1. The minimum Gasteiger partial charge on any atom is -0.384 e. The highest BCUT2D eigenvalue weighted by atomic mass is 35.5. The molecule has 0 aliphatic carbocycles. The molecular weight excluding hydrogens is 293 g/mol. The van der Waals surface area contributed by atoms with Gasteiger partial charge in [0.15, 0.2) is 0 Å². The number of nitrogens with zero attached hydrogens (tertiary/aromatic N) is 1. The molecular formula is C12H17ClFNO3S. The van der Waals surface area contributed by atoms with Crippen LogP contribution in [0.25, 0.3) is 0 Å². The molecule has 0 unspecified atom stereocenters. The molecule has 0 aromatic heterocycles. The van der Waals surface area contributed by atoms with E-state index in [0.29, 0.717) is 6.61 Å². The van der Waals surface area contributed by atoms with Crippen molar-refractivity contribution in [2.75, 3.05) is 27.3 Å². The van der Waals surface area contributed by atoms with Crippen LogP contribution in [0.2, 0.25) is 5.02 Å². The van der Waals surface area contributed by atoms with Gasteiger partial charge in [-0.1, -0.05) is 24.6 Å². The second-order valence-electron chi connectivity index (χ2n) is 4.40. The Morgan fingerprint density at radius 1 is 1.47 bits per heavy atom. The molecule has 0 N–H and O–H groups in total. The first kappa shape index (κ1) is 16.4. The second-order valence-corrected chi connectivity index (χ2v) is 6.79. The van der Waals surface area contributed by atoms with Crippen LogP contribution in [0, 0.1) is 11.7 Å². The van der Waals surface area contributed by atoms with Crippen molar-refractivity contribution in [2.45, 2.75) is 11.8 Å². The number of halogens is 2. The molecule has 0 aliphatic heterocycles. The molecule has 19 heavy (non-hydrogen) atoms. The molecule has 0 heterocycles. The molecule has 0 amide bonds. The highest BCUT2D eigenvalue weighted by molar-refractivity contribution is 7.89. The third kappa shape index (κ3) is 3.89. The van der Waals surface area contributed by atoms with Gasteiger partial charge in [0.25, 0.3) is 0 Å². The fourth-order valence-electron chi connectivity index (χ4n) is 1.76. The molecule has 0 saturated carbocycles. The number of hydrogen-bond donors (Lipinski definition) is 0. The van der Waals surface area contributed by atoms with Gasteiger partial charge in [-0.05, 0) is 18.1 Å². The van der Waals surface area contributed by atoms with Gasteiger partial charge < -0.3 is 4.74 Å². The molecule has 108 valence electrons. The fourth-order valence-corrected chi connectivity index (χ4v) is 3.61. The summed E-state index contributed by atoms with van der Waals surface area (Å²) in [5, 5.41) is -0.119. The lowest BCUT2D eigenvalue weighted by Crippen LogP contribution is -2.33. The summed E-state index contributed by atoms with van der Waals surface area (Å²) in [7, 11) is -1.01. The number of rotatable bonds is 6. The van der Waals surface area contributed by atoms with Crippen LogP contribution in [-0.2, 0) is 14.8 Å². The summed E-state index contributed by atoms with van der Waals surface area (Å²) in [6.07, 6.45) is 0. The summed E-state index contributed by atoms with van der Waals surface area (Å²) in [5.74, 6) is -0.853. The second kappa shape index (κ2) is 6.65. The van der Waals surface area contributed by atoms with Crippen LogP contribution in [0.3, 0.4) is 0 Å². The van der Waals surface area contributed by atoms with E-state index in [1.165, 1.54) is 19.2 Å². The first-order valence-electron chi connectivity index (χ1n) is 5.70. The van der Waals surface area contributed by atoms with Crippen molar-refractivity contribution in [3.8, 4) is 0 Å². The zero-order valence-electron chi connectivity index (χ0n) is 11.1. The standard InChI is InChI=1S/C12H17ClFNO3S/c1-9(8-18-3)7-15(2)19(16,17)12-10(13)5-4-6-11(12)14/h4-6,9H,7-8H2,1-3H3/t9-/m1/s1. The normalized spacial score (nSPS) is 13.8. The van der Waals surface area contributed by atoms with E-state index >= 15 is 0 Å². The van der Waals surface area contributed by atoms with Gasteiger partial charge in [-0.2, -0.15) is 0 Å². The molecule has 0 radical (unpaired) electrons. The lowest BCUT2D eigenvalue weighted by Gasteiger charge is -2.21. The van der Waals surface area contributed by atoms with Gasteiger partial charge in [0, 0.05) is 27.3 Å². The number of benzene rings is 1. The molecule has 1 rings (SSSR count). The number of ether oxygens (including phenoxy) is 1. The summed E-state index contributed by atoms with van der Waals surface area (Å²) in [4.78, 5) is -0.483. The third-order valence-electron chi connectivity index (χ3n) is 2.61. The maximum atomic E-state index is 13.7. The Labute approximate surface area is 118 Å². The average Bonchev–Trinajstić information content (AvgIpc) is 2.28. The topological polar surface area (TPSA) is 46.6 Å². The quantitative estimate of drug-likeness (QED) is 0.810. The Morgan fingerprint density at radius 3 is 2.63 bits per heavy atom. The maximum absolute atomic E-state index is 13.7. The zero-order valence-corrected chi connectivity index (χ0v) is 12.6. The van der Waals surface area contributed by atoms with E-state index < -0.39 is 20.7 Å². The van der Waals surface area contributed by atoms with Crippen LogP contribution >= 0.6 is 11.6 Å². The lowest BCUT2D eigenvalue weighted by molar-refractivity contribution is 0.151. The Morgan fingerprint density at radius 2 is 2.11 bits per heavy atom. The van der Waals surface area contributed by atoms with Crippen molar-refractivity contribution in [1.29, 1.82) is 0 Å². The Kier molecular flexibility index (Phi) is 5.73. The van der Waals surface area contributed by atoms with Crippen LogP contribution < -0.4 is 0 Å². The van der Waals surface area contributed by atoms with Gasteiger partial charge in [-0.3, -0.25) is 0 Å². The van der Waals surface area contributed by atoms with Gasteiger partial charge in [0.2, 0.25) is 10.0 Å². The van der Waals surface area contributed by atoms with E-state index in [0.717, 1.165) is 10.4 Å². The average molecular weight is 310 g/mol. The first-order chi connectivity index (χ1) is 8.80. The van der Waals surface area contributed by atoms with Crippen LogP contribution in [0.15, 0.2) is 23.1 Å². The maximum Gasteiger partial charge on any atom is 0.247 e. The zero-order chi connectivity index (χ0) is 14.6. The Bertz CT molecular complexity index is 516. The van der Waals surface area contributed by atoms with Crippen molar-refractivity contribution in [1.82, 2.24) is 4.31 Å². The van der Waals surface area contributed by atoms with Crippen molar-refractivity contribution in [2.24, 2.45) is 5.92 Å². The molecule has 0 saturated heterocycles. The van der Waals surface area contributed by atoms with E-state index in [4.69, 9.17) is 16.3 Å². The van der Waals surface area contributed by atoms with Crippen molar-refractivity contribution < 1.29 is 17.5 Å². The smallest absolute Gasteiger partial charge is 0.247 e. The predicted molar refractivity (Wildman–Crippen MR) is 72.3 cm³/mol. The predicted octanol–water partition coefficient (Wildman–Crippen LogP) is 2.38. The molecule has 4 nitrogen and oxygen atoms in total. The Hall–Kier alpha value is -0.690. The molecule has 1 aromatic rings. The third-order valence-corrected chi connectivity index (χ3v) is 4.93. The van der Waals surface area contributed by atoms with E-state index in [1.807, 2.05) is 6.92 Å². The van der Waals surface area contributed by atoms with Crippen LogP contribution in [0.4, 0.5) is 4.39 Å². The highest BCUT2D eigenvalue weighted by Gasteiger charge is 2.28. The first-order valence-corrected chi connectivity index (χ1v) is 7.51. The monoisotopic (exact) mass is 309 g/mol. The number of hydrogen-bond acceptors (Lipinski definition) is 3. The summed E-state index contributed by atoms with van der Waals surface area (Å²) in [6, 6.07) is 3.79. The highest BCUT2D eigenvalue weighted by Crippen LogP contribution is 2.27. The van der Waals surface area contributed by atoms with Gasteiger partial charge in [-0.25, -0.2) is 17.1 Å². The lowest BCUT2D eigenvalue weighted by atomic mass is 10.2. The Balaban J connectivity index is 3.04. The molecule has 0 spiro atoms. The van der Waals surface area contributed by atoms with Gasteiger partial charge in [-0.15, -0.1) is 0 Å². The molecule has 0 fully saturated rings. The van der Waals surface area contributed by atoms with Crippen molar-refractivity contribution >= 4 is 21.6 Å². The summed E-state index contributed by atoms with van der Waals surface area (Å²) in [5.41, 5.74) is 0. The van der Waals surface area contributed by atoms with E-state index in [1.54, 1.807) is 7.11 Å². The van der Waals surface area contributed by atoms with E-state index in [-0.39, 0.29) is 17.5 Å². The van der Waals surface area contributed by atoms with Crippen LogP contribution in [-0.4, -0.2) is 40.0 Å².